The first kappa shape index (κ1) is 20.2. The van der Waals surface area contributed by atoms with Crippen LogP contribution in [-0.2, 0) is 0 Å². The first-order valence-electron chi connectivity index (χ1n) is 9.24. The Hall–Kier alpha value is -4.11. The van der Waals surface area contributed by atoms with E-state index in [4.69, 9.17) is 16.6 Å². The molecule has 3 aromatic carbocycles. The van der Waals surface area contributed by atoms with Gasteiger partial charge in [-0.15, -0.1) is 0 Å². The lowest BCUT2D eigenvalue weighted by Gasteiger charge is -2.09. The number of nitrogens with zero attached hydrogens (tertiary/aromatic N) is 2. The smallest absolute Gasteiger partial charge is 0.270 e. The van der Waals surface area contributed by atoms with Crippen molar-refractivity contribution < 1.29 is 14.1 Å². The van der Waals surface area contributed by atoms with Crippen LogP contribution < -0.4 is 10.6 Å². The zero-order valence-corrected chi connectivity index (χ0v) is 17.1. The number of nitro benzene ring substituents is 1. The van der Waals surface area contributed by atoms with Crippen molar-refractivity contribution in [2.24, 2.45) is 0 Å². The van der Waals surface area contributed by atoms with Crippen LogP contribution in [0, 0.1) is 17.0 Å². The molecule has 0 aliphatic rings. The second-order valence-corrected chi connectivity index (χ2v) is 7.14. The maximum absolute atomic E-state index is 12.3. The molecular formula is C22H16N4O4S. The Balaban J connectivity index is 1.49. The van der Waals surface area contributed by atoms with Crippen LogP contribution in [0.1, 0.15) is 15.9 Å². The minimum atomic E-state index is -0.564. The zero-order chi connectivity index (χ0) is 22.0. The number of aromatic nitrogens is 1. The van der Waals surface area contributed by atoms with Gasteiger partial charge in [0.25, 0.3) is 11.6 Å². The van der Waals surface area contributed by atoms with Crippen molar-refractivity contribution in [3.05, 3.63) is 88.0 Å². The van der Waals surface area contributed by atoms with Crippen LogP contribution in [0.3, 0.4) is 0 Å². The summed E-state index contributed by atoms with van der Waals surface area (Å²) in [4.78, 5) is 27.2. The molecule has 9 heteroatoms. The summed E-state index contributed by atoms with van der Waals surface area (Å²) in [5.41, 5.74) is 3.79. The highest BCUT2D eigenvalue weighted by Gasteiger charge is 2.14. The predicted octanol–water partition coefficient (Wildman–Crippen LogP) is 4.84. The number of nitro groups is 1. The van der Waals surface area contributed by atoms with Crippen molar-refractivity contribution >= 4 is 45.7 Å². The fraction of sp³-hybridized carbons (Fsp3) is 0.0455. The van der Waals surface area contributed by atoms with Gasteiger partial charge in [0, 0.05) is 28.9 Å². The van der Waals surface area contributed by atoms with Crippen molar-refractivity contribution in [2.45, 2.75) is 6.92 Å². The number of aryl methyl sites for hydroxylation is 1. The number of carbonyl (C=O) groups is 1. The molecule has 0 fully saturated rings. The molecule has 0 spiro atoms. The van der Waals surface area contributed by atoms with Crippen molar-refractivity contribution in [3.63, 3.8) is 0 Å². The summed E-state index contributed by atoms with van der Waals surface area (Å²) in [7, 11) is 0. The lowest BCUT2D eigenvalue weighted by molar-refractivity contribution is -0.384. The molecule has 1 aromatic heterocycles. The monoisotopic (exact) mass is 432 g/mol. The van der Waals surface area contributed by atoms with Gasteiger partial charge in [0.15, 0.2) is 10.7 Å². The summed E-state index contributed by atoms with van der Waals surface area (Å²) in [6, 6.07) is 18.5. The van der Waals surface area contributed by atoms with E-state index in [0.717, 1.165) is 11.1 Å². The molecular weight excluding hydrogens is 416 g/mol. The molecule has 0 atom stereocenters. The third-order valence-electron chi connectivity index (χ3n) is 4.57. The van der Waals surface area contributed by atoms with E-state index in [1.54, 1.807) is 18.2 Å². The second kappa shape index (κ2) is 8.33. The predicted molar refractivity (Wildman–Crippen MR) is 121 cm³/mol. The van der Waals surface area contributed by atoms with Gasteiger partial charge in [-0.2, -0.15) is 0 Å². The third kappa shape index (κ3) is 4.41. The van der Waals surface area contributed by atoms with Crippen LogP contribution in [0.4, 0.5) is 11.4 Å². The number of hydrogen-bond acceptors (Lipinski definition) is 6. The summed E-state index contributed by atoms with van der Waals surface area (Å²) < 4.78 is 5.85. The van der Waals surface area contributed by atoms with E-state index in [1.165, 1.54) is 24.3 Å². The first-order chi connectivity index (χ1) is 14.9. The SMILES string of the molecule is Cc1ccccc1-c1nc2cc(NC(=S)NC(=O)c3cccc([N+](=O)[O-])c3)ccc2o1. The average Bonchev–Trinajstić information content (AvgIpc) is 3.17. The number of carbonyl (C=O) groups excluding carboxylic acids is 1. The molecule has 0 aliphatic carbocycles. The van der Waals surface area contributed by atoms with Gasteiger partial charge in [-0.05, 0) is 55.0 Å². The van der Waals surface area contributed by atoms with E-state index in [2.05, 4.69) is 15.6 Å². The summed E-state index contributed by atoms with van der Waals surface area (Å²) in [5, 5.41) is 16.4. The Labute approximate surface area is 182 Å². The van der Waals surface area contributed by atoms with Crippen molar-refractivity contribution in [1.82, 2.24) is 10.3 Å². The Morgan fingerprint density at radius 2 is 1.90 bits per heavy atom. The molecule has 0 radical (unpaired) electrons. The van der Waals surface area contributed by atoms with Gasteiger partial charge in [0.2, 0.25) is 5.89 Å². The number of fused-ring (bicyclic) bond motifs is 1. The van der Waals surface area contributed by atoms with Gasteiger partial charge in [-0.25, -0.2) is 4.98 Å². The van der Waals surface area contributed by atoms with Crippen LogP contribution in [0.2, 0.25) is 0 Å². The Kier molecular flexibility index (Phi) is 5.42. The molecule has 1 heterocycles. The summed E-state index contributed by atoms with van der Waals surface area (Å²) in [6.45, 7) is 1.99. The normalized spacial score (nSPS) is 10.6. The molecule has 2 N–H and O–H groups in total. The number of non-ortho nitro benzene ring substituents is 1. The number of nitrogens with one attached hydrogen (secondary N) is 2. The highest BCUT2D eigenvalue weighted by atomic mass is 32.1. The van der Waals surface area contributed by atoms with E-state index < -0.39 is 10.8 Å². The van der Waals surface area contributed by atoms with Crippen LogP contribution in [-0.4, -0.2) is 20.9 Å². The highest BCUT2D eigenvalue weighted by molar-refractivity contribution is 7.80. The molecule has 0 bridgehead atoms. The molecule has 0 saturated heterocycles. The van der Waals surface area contributed by atoms with Gasteiger partial charge in [0.1, 0.15) is 5.52 Å². The third-order valence-corrected chi connectivity index (χ3v) is 4.77. The fourth-order valence-electron chi connectivity index (χ4n) is 3.03. The lowest BCUT2D eigenvalue weighted by Crippen LogP contribution is -2.34. The fourth-order valence-corrected chi connectivity index (χ4v) is 3.24. The van der Waals surface area contributed by atoms with E-state index in [1.807, 2.05) is 31.2 Å². The zero-order valence-electron chi connectivity index (χ0n) is 16.3. The first-order valence-corrected chi connectivity index (χ1v) is 9.65. The molecule has 8 nitrogen and oxygen atoms in total. The Morgan fingerprint density at radius 1 is 1.10 bits per heavy atom. The van der Waals surface area contributed by atoms with Crippen LogP contribution in [0.25, 0.3) is 22.6 Å². The van der Waals surface area contributed by atoms with Crippen molar-refractivity contribution in [3.8, 4) is 11.5 Å². The van der Waals surface area contributed by atoms with Crippen molar-refractivity contribution in [2.75, 3.05) is 5.32 Å². The maximum atomic E-state index is 12.3. The minimum absolute atomic E-state index is 0.0541. The molecule has 1 amide bonds. The van der Waals surface area contributed by atoms with Gasteiger partial charge < -0.3 is 9.73 Å². The van der Waals surface area contributed by atoms with Gasteiger partial charge in [-0.1, -0.05) is 24.3 Å². The number of benzene rings is 3. The van der Waals surface area contributed by atoms with Gasteiger partial charge >= 0.3 is 0 Å². The largest absolute Gasteiger partial charge is 0.436 e. The number of rotatable bonds is 4. The molecule has 0 unspecified atom stereocenters. The average molecular weight is 432 g/mol. The molecule has 154 valence electrons. The number of oxazole rings is 1. The molecule has 4 aromatic rings. The topological polar surface area (TPSA) is 110 Å². The number of hydrogen-bond donors (Lipinski definition) is 2. The van der Waals surface area contributed by atoms with E-state index in [0.29, 0.717) is 22.7 Å². The van der Waals surface area contributed by atoms with Crippen molar-refractivity contribution in [1.29, 1.82) is 0 Å². The van der Waals surface area contributed by atoms with Crippen LogP contribution in [0.15, 0.2) is 71.1 Å². The van der Waals surface area contributed by atoms with Gasteiger partial charge in [0.05, 0.1) is 4.92 Å². The number of amides is 1. The summed E-state index contributed by atoms with van der Waals surface area (Å²) in [5.74, 6) is -0.0302. The molecule has 31 heavy (non-hydrogen) atoms. The van der Waals surface area contributed by atoms with Crippen LogP contribution >= 0.6 is 12.2 Å². The number of thiocarbonyl (C=S) groups is 1. The Bertz CT molecular complexity index is 1330. The molecule has 4 rings (SSSR count). The summed E-state index contributed by atoms with van der Waals surface area (Å²) in [6.07, 6.45) is 0. The van der Waals surface area contributed by atoms with Gasteiger partial charge in [-0.3, -0.25) is 20.2 Å². The van der Waals surface area contributed by atoms with E-state index in [9.17, 15) is 14.9 Å². The number of anilines is 1. The summed E-state index contributed by atoms with van der Waals surface area (Å²) >= 11 is 5.20. The van der Waals surface area contributed by atoms with Crippen LogP contribution in [0.5, 0.6) is 0 Å². The maximum Gasteiger partial charge on any atom is 0.270 e. The van der Waals surface area contributed by atoms with E-state index >= 15 is 0 Å². The standard InChI is InChI=1S/C22H16N4O4S/c1-13-5-2-3-8-17(13)21-24-18-12-15(9-10-19(18)30-21)23-22(31)25-20(27)14-6-4-7-16(11-14)26(28)29/h2-12H,1H3,(H2,23,25,27,31). The lowest BCUT2D eigenvalue weighted by atomic mass is 10.1. The minimum Gasteiger partial charge on any atom is -0.436 e. The molecule has 0 saturated carbocycles. The quantitative estimate of drug-likeness (QED) is 0.270. The highest BCUT2D eigenvalue weighted by Crippen LogP contribution is 2.28. The molecule has 0 aliphatic heterocycles. The Morgan fingerprint density at radius 3 is 2.68 bits per heavy atom. The second-order valence-electron chi connectivity index (χ2n) is 6.73. The van der Waals surface area contributed by atoms with E-state index in [-0.39, 0.29) is 16.4 Å².